The summed E-state index contributed by atoms with van der Waals surface area (Å²) in [6.45, 7) is 4.80. The van der Waals surface area contributed by atoms with Crippen molar-refractivity contribution >= 4 is 29.9 Å². The summed E-state index contributed by atoms with van der Waals surface area (Å²) in [6.07, 6.45) is 5.09. The van der Waals surface area contributed by atoms with Crippen molar-refractivity contribution in [3.8, 4) is 0 Å². The number of aliphatic hydroxyl groups is 1. The lowest BCUT2D eigenvalue weighted by Crippen LogP contribution is -2.46. The van der Waals surface area contributed by atoms with Gasteiger partial charge in [-0.3, -0.25) is 4.99 Å². The number of benzene rings is 1. The molecule has 0 bridgehead atoms. The van der Waals surface area contributed by atoms with E-state index in [2.05, 4.69) is 17.6 Å². The molecule has 2 aliphatic rings. The summed E-state index contributed by atoms with van der Waals surface area (Å²) in [4.78, 5) is 4.88. The zero-order valence-electron chi connectivity index (χ0n) is 16.6. The number of guanidine groups is 1. The van der Waals surface area contributed by atoms with Gasteiger partial charge in [0.2, 0.25) is 0 Å². The molecule has 3 rings (SSSR count). The first kappa shape index (κ1) is 23.3. The largest absolute Gasteiger partial charge is 0.393 e. The van der Waals surface area contributed by atoms with Gasteiger partial charge in [-0.25, -0.2) is 4.39 Å². The zero-order chi connectivity index (χ0) is 19.1. The van der Waals surface area contributed by atoms with Crippen LogP contribution in [0.2, 0.25) is 0 Å². The summed E-state index contributed by atoms with van der Waals surface area (Å²) in [5, 5.41) is 16.6. The molecule has 158 valence electrons. The third kappa shape index (κ3) is 6.29. The maximum atomic E-state index is 13.8. The predicted octanol–water partition coefficient (Wildman–Crippen LogP) is 3.35. The molecule has 0 aromatic heterocycles. The van der Waals surface area contributed by atoms with Gasteiger partial charge in [-0.05, 0) is 63.1 Å². The Bertz CT molecular complexity index is 630. The van der Waals surface area contributed by atoms with E-state index >= 15 is 0 Å². The van der Waals surface area contributed by atoms with Gasteiger partial charge >= 0.3 is 0 Å². The molecule has 1 saturated carbocycles. The predicted molar refractivity (Wildman–Crippen MR) is 121 cm³/mol. The van der Waals surface area contributed by atoms with E-state index in [0.717, 1.165) is 56.6 Å². The van der Waals surface area contributed by atoms with Gasteiger partial charge in [0.15, 0.2) is 5.96 Å². The molecule has 1 saturated heterocycles. The van der Waals surface area contributed by atoms with Crippen LogP contribution in [0.25, 0.3) is 0 Å². The SMILES string of the molecule is CCNC(=NCC1(c2cccc(F)c2)CCOCC1)NC1CCC(O)CC1.I. The van der Waals surface area contributed by atoms with Crippen molar-refractivity contribution in [2.45, 2.75) is 63.0 Å². The summed E-state index contributed by atoms with van der Waals surface area (Å²) in [5.74, 6) is 0.606. The summed E-state index contributed by atoms with van der Waals surface area (Å²) < 4.78 is 19.4. The minimum atomic E-state index is -0.201. The molecule has 1 heterocycles. The summed E-state index contributed by atoms with van der Waals surface area (Å²) in [5.41, 5.74) is 0.817. The average molecular weight is 505 g/mol. The zero-order valence-corrected chi connectivity index (χ0v) is 19.0. The van der Waals surface area contributed by atoms with Crippen molar-refractivity contribution in [2.75, 3.05) is 26.3 Å². The van der Waals surface area contributed by atoms with Crippen LogP contribution in [-0.4, -0.2) is 49.5 Å². The Morgan fingerprint density at radius 2 is 1.96 bits per heavy atom. The van der Waals surface area contributed by atoms with Crippen LogP contribution in [0, 0.1) is 5.82 Å². The Kier molecular flexibility index (Phi) is 9.43. The highest BCUT2D eigenvalue weighted by molar-refractivity contribution is 14.0. The maximum absolute atomic E-state index is 13.8. The van der Waals surface area contributed by atoms with Gasteiger partial charge in [0.1, 0.15) is 5.82 Å². The van der Waals surface area contributed by atoms with E-state index in [1.807, 2.05) is 6.07 Å². The van der Waals surface area contributed by atoms with E-state index in [1.165, 1.54) is 6.07 Å². The first-order chi connectivity index (χ1) is 13.1. The average Bonchev–Trinajstić information content (AvgIpc) is 2.69. The second-order valence-corrected chi connectivity index (χ2v) is 7.75. The Morgan fingerprint density at radius 3 is 2.61 bits per heavy atom. The van der Waals surface area contributed by atoms with Gasteiger partial charge in [-0.2, -0.15) is 0 Å². The smallest absolute Gasteiger partial charge is 0.191 e. The molecule has 0 amide bonds. The fraction of sp³-hybridized carbons (Fsp3) is 0.667. The molecule has 7 heteroatoms. The van der Waals surface area contributed by atoms with E-state index < -0.39 is 0 Å². The number of rotatable bonds is 5. The Morgan fingerprint density at radius 1 is 1.25 bits per heavy atom. The van der Waals surface area contributed by atoms with Crippen LogP contribution in [0.4, 0.5) is 4.39 Å². The minimum absolute atomic E-state index is 0. The maximum Gasteiger partial charge on any atom is 0.191 e. The van der Waals surface area contributed by atoms with Crippen molar-refractivity contribution in [3.63, 3.8) is 0 Å². The van der Waals surface area contributed by atoms with Gasteiger partial charge < -0.3 is 20.5 Å². The highest BCUT2D eigenvalue weighted by Gasteiger charge is 2.35. The molecule has 0 unspecified atom stereocenters. The van der Waals surface area contributed by atoms with Crippen molar-refractivity contribution in [1.82, 2.24) is 10.6 Å². The van der Waals surface area contributed by atoms with Gasteiger partial charge in [0.25, 0.3) is 0 Å². The quantitative estimate of drug-likeness (QED) is 0.326. The topological polar surface area (TPSA) is 65.9 Å². The van der Waals surface area contributed by atoms with Crippen LogP contribution in [0.5, 0.6) is 0 Å². The summed E-state index contributed by atoms with van der Waals surface area (Å²) in [7, 11) is 0. The standard InChI is InChI=1S/C21H32FN3O2.HI/c1-2-23-20(25-18-6-8-19(26)9-7-18)24-15-21(10-12-27-13-11-21)16-4-3-5-17(22)14-16;/h3-5,14,18-19,26H,2,6-13,15H2,1H3,(H2,23,24,25);1H. The van der Waals surface area contributed by atoms with E-state index in [4.69, 9.17) is 9.73 Å². The normalized spacial score (nSPS) is 24.9. The van der Waals surface area contributed by atoms with E-state index in [-0.39, 0.29) is 41.3 Å². The molecule has 0 radical (unpaired) electrons. The highest BCUT2D eigenvalue weighted by Crippen LogP contribution is 2.35. The summed E-state index contributed by atoms with van der Waals surface area (Å²) >= 11 is 0. The monoisotopic (exact) mass is 505 g/mol. The summed E-state index contributed by atoms with van der Waals surface area (Å²) in [6, 6.07) is 7.26. The van der Waals surface area contributed by atoms with Gasteiger partial charge in [-0.1, -0.05) is 12.1 Å². The van der Waals surface area contributed by atoms with E-state index in [1.54, 1.807) is 12.1 Å². The minimum Gasteiger partial charge on any atom is -0.393 e. The molecule has 1 aliphatic heterocycles. The molecule has 3 N–H and O–H groups in total. The number of hydrogen-bond donors (Lipinski definition) is 3. The van der Waals surface area contributed by atoms with Crippen LogP contribution in [0.1, 0.15) is 51.0 Å². The van der Waals surface area contributed by atoms with Crippen molar-refractivity contribution in [2.24, 2.45) is 4.99 Å². The number of aliphatic imine (C=N–C) groups is 1. The van der Waals surface area contributed by atoms with E-state index in [0.29, 0.717) is 25.8 Å². The Balaban J connectivity index is 0.00000280. The second-order valence-electron chi connectivity index (χ2n) is 7.75. The molecule has 1 aromatic carbocycles. The molecule has 5 nitrogen and oxygen atoms in total. The molecule has 2 fully saturated rings. The van der Waals surface area contributed by atoms with Crippen LogP contribution >= 0.6 is 24.0 Å². The number of halogens is 2. The molecule has 0 spiro atoms. The first-order valence-corrected chi connectivity index (χ1v) is 10.2. The van der Waals surface area contributed by atoms with Crippen molar-refractivity contribution in [3.05, 3.63) is 35.6 Å². The second kappa shape index (κ2) is 11.3. The fourth-order valence-electron chi connectivity index (χ4n) is 4.08. The molecular weight excluding hydrogens is 472 g/mol. The number of nitrogens with one attached hydrogen (secondary N) is 2. The third-order valence-corrected chi connectivity index (χ3v) is 5.81. The molecule has 1 aliphatic carbocycles. The molecule has 1 aromatic rings. The van der Waals surface area contributed by atoms with Gasteiger partial charge in [0, 0.05) is 31.2 Å². The number of nitrogens with zero attached hydrogens (tertiary/aromatic N) is 1. The molecule has 0 atom stereocenters. The van der Waals surface area contributed by atoms with Crippen LogP contribution in [0.15, 0.2) is 29.3 Å². The lowest BCUT2D eigenvalue weighted by molar-refractivity contribution is 0.0530. The fourth-order valence-corrected chi connectivity index (χ4v) is 4.08. The van der Waals surface area contributed by atoms with Crippen LogP contribution < -0.4 is 10.6 Å². The lowest BCUT2D eigenvalue weighted by Gasteiger charge is -2.37. The molecular formula is C21H33FIN3O2. The Hall–Kier alpha value is -0.930. The molecule has 28 heavy (non-hydrogen) atoms. The first-order valence-electron chi connectivity index (χ1n) is 10.2. The van der Waals surface area contributed by atoms with Crippen molar-refractivity contribution < 1.29 is 14.2 Å². The highest BCUT2D eigenvalue weighted by atomic mass is 127. The lowest BCUT2D eigenvalue weighted by atomic mass is 9.74. The number of aliphatic hydroxyl groups excluding tert-OH is 1. The third-order valence-electron chi connectivity index (χ3n) is 5.81. The van der Waals surface area contributed by atoms with Crippen molar-refractivity contribution in [1.29, 1.82) is 0 Å². The van der Waals surface area contributed by atoms with E-state index in [9.17, 15) is 9.50 Å². The van der Waals surface area contributed by atoms with Crippen LogP contribution in [0.3, 0.4) is 0 Å². The Labute approximate surface area is 184 Å². The van der Waals surface area contributed by atoms with Gasteiger partial charge in [-0.15, -0.1) is 24.0 Å². The number of ether oxygens (including phenoxy) is 1. The van der Waals surface area contributed by atoms with Gasteiger partial charge in [0.05, 0.1) is 12.6 Å². The number of hydrogen-bond acceptors (Lipinski definition) is 3. The van der Waals surface area contributed by atoms with Crippen LogP contribution in [-0.2, 0) is 10.2 Å².